The van der Waals surface area contributed by atoms with Crippen LogP contribution in [0.5, 0.6) is 0 Å². The van der Waals surface area contributed by atoms with E-state index in [0.717, 1.165) is 24.3 Å². The summed E-state index contributed by atoms with van der Waals surface area (Å²) in [5, 5.41) is 9.36. The quantitative estimate of drug-likeness (QED) is 0.372. The monoisotopic (exact) mass is 477 g/mol. The van der Waals surface area contributed by atoms with Crippen molar-refractivity contribution < 1.29 is 13.6 Å². The van der Waals surface area contributed by atoms with E-state index in [0.29, 0.717) is 36.4 Å². The van der Waals surface area contributed by atoms with Crippen molar-refractivity contribution in [3.8, 4) is 11.6 Å². The minimum atomic E-state index is -0.245. The predicted molar refractivity (Wildman–Crippen MR) is 129 cm³/mol. The van der Waals surface area contributed by atoms with Gasteiger partial charge in [-0.25, -0.2) is 4.39 Å². The fraction of sp³-hybridized carbons (Fsp3) is 0.240. The summed E-state index contributed by atoms with van der Waals surface area (Å²) in [7, 11) is 0. The van der Waals surface area contributed by atoms with Gasteiger partial charge < -0.3 is 14.2 Å². The number of furan rings is 1. The molecule has 1 aliphatic rings. The maximum absolute atomic E-state index is 13.2. The third-order valence-electron chi connectivity index (χ3n) is 5.79. The van der Waals surface area contributed by atoms with E-state index in [2.05, 4.69) is 15.1 Å². The Hall–Kier alpha value is -3.59. The van der Waals surface area contributed by atoms with Crippen LogP contribution in [0.4, 0.5) is 10.1 Å². The molecule has 1 amide bonds. The lowest BCUT2D eigenvalue weighted by Crippen LogP contribution is -2.49. The second kappa shape index (κ2) is 10.1. The Balaban J connectivity index is 1.23. The summed E-state index contributed by atoms with van der Waals surface area (Å²) in [6, 6.07) is 20.2. The number of hydrogen-bond acceptors (Lipinski definition) is 6. The fourth-order valence-corrected chi connectivity index (χ4v) is 4.82. The molecule has 174 valence electrons. The number of amides is 1. The molecule has 1 saturated heterocycles. The smallest absolute Gasteiger partial charge is 0.233 e. The Morgan fingerprint density at radius 3 is 2.41 bits per heavy atom. The van der Waals surface area contributed by atoms with Crippen LogP contribution in [0.15, 0.2) is 82.6 Å². The van der Waals surface area contributed by atoms with Crippen molar-refractivity contribution in [2.45, 2.75) is 11.7 Å². The largest absolute Gasteiger partial charge is 0.461 e. The van der Waals surface area contributed by atoms with Crippen LogP contribution < -0.4 is 4.90 Å². The maximum atomic E-state index is 13.2. The molecular weight excluding hydrogens is 453 g/mol. The molecule has 1 aliphatic heterocycles. The number of benzene rings is 2. The highest BCUT2D eigenvalue weighted by atomic mass is 32.2. The first-order valence-electron chi connectivity index (χ1n) is 11.1. The third kappa shape index (κ3) is 4.99. The van der Waals surface area contributed by atoms with Crippen LogP contribution in [-0.4, -0.2) is 57.5 Å². The number of nitrogens with zero attached hydrogens (tertiary/aromatic N) is 5. The zero-order valence-electron chi connectivity index (χ0n) is 18.5. The molecule has 2 aromatic carbocycles. The van der Waals surface area contributed by atoms with Gasteiger partial charge in [-0.05, 0) is 42.0 Å². The zero-order chi connectivity index (χ0) is 23.3. The van der Waals surface area contributed by atoms with E-state index >= 15 is 0 Å². The van der Waals surface area contributed by atoms with Gasteiger partial charge in [-0.1, -0.05) is 42.1 Å². The van der Waals surface area contributed by atoms with E-state index in [1.54, 1.807) is 18.4 Å². The molecule has 5 rings (SSSR count). The summed E-state index contributed by atoms with van der Waals surface area (Å²) in [5.74, 6) is 1.37. The number of carbonyl (C=O) groups is 1. The summed E-state index contributed by atoms with van der Waals surface area (Å²) >= 11 is 1.39. The van der Waals surface area contributed by atoms with Gasteiger partial charge in [0.15, 0.2) is 10.9 Å². The molecule has 1 fully saturated rings. The van der Waals surface area contributed by atoms with Gasteiger partial charge in [0, 0.05) is 31.9 Å². The molecule has 0 bridgehead atoms. The van der Waals surface area contributed by atoms with E-state index in [1.807, 2.05) is 51.9 Å². The van der Waals surface area contributed by atoms with Crippen molar-refractivity contribution >= 4 is 23.4 Å². The van der Waals surface area contributed by atoms with Crippen molar-refractivity contribution in [3.63, 3.8) is 0 Å². The van der Waals surface area contributed by atoms with Crippen LogP contribution in [0.25, 0.3) is 11.6 Å². The number of carbonyl (C=O) groups excluding carboxylic acids is 1. The minimum absolute atomic E-state index is 0.0672. The SMILES string of the molecule is O=C(CSc1nnc(-c2ccco2)n1Cc1ccccc1)N1CCN(c2ccc(F)cc2)CC1. The number of rotatable bonds is 7. The van der Waals surface area contributed by atoms with Gasteiger partial charge in [0.25, 0.3) is 0 Å². The molecule has 0 spiro atoms. The van der Waals surface area contributed by atoms with Crippen LogP contribution in [0.2, 0.25) is 0 Å². The second-order valence-corrected chi connectivity index (χ2v) is 8.93. The van der Waals surface area contributed by atoms with Gasteiger partial charge in [0.1, 0.15) is 5.82 Å². The van der Waals surface area contributed by atoms with Crippen molar-refractivity contribution in [1.82, 2.24) is 19.7 Å². The van der Waals surface area contributed by atoms with Gasteiger partial charge in [-0.3, -0.25) is 9.36 Å². The molecule has 3 heterocycles. The first-order valence-corrected chi connectivity index (χ1v) is 12.1. The molecule has 34 heavy (non-hydrogen) atoms. The van der Waals surface area contributed by atoms with Gasteiger partial charge >= 0.3 is 0 Å². The fourth-order valence-electron chi connectivity index (χ4n) is 3.98. The maximum Gasteiger partial charge on any atom is 0.233 e. The minimum Gasteiger partial charge on any atom is -0.461 e. The highest BCUT2D eigenvalue weighted by Crippen LogP contribution is 2.26. The van der Waals surface area contributed by atoms with Crippen LogP contribution >= 0.6 is 11.8 Å². The highest BCUT2D eigenvalue weighted by Gasteiger charge is 2.23. The van der Waals surface area contributed by atoms with Crippen LogP contribution in [0.1, 0.15) is 5.56 Å². The Morgan fingerprint density at radius 1 is 0.941 bits per heavy atom. The van der Waals surface area contributed by atoms with Crippen molar-refractivity contribution in [2.24, 2.45) is 0 Å². The second-order valence-electron chi connectivity index (χ2n) is 7.99. The topological polar surface area (TPSA) is 67.4 Å². The van der Waals surface area contributed by atoms with Crippen LogP contribution in [0, 0.1) is 5.82 Å². The lowest BCUT2D eigenvalue weighted by Gasteiger charge is -2.36. The van der Waals surface area contributed by atoms with Gasteiger partial charge in [0.2, 0.25) is 11.7 Å². The Morgan fingerprint density at radius 2 is 1.71 bits per heavy atom. The molecule has 0 atom stereocenters. The third-order valence-corrected chi connectivity index (χ3v) is 6.74. The summed E-state index contributed by atoms with van der Waals surface area (Å²) in [5.41, 5.74) is 2.09. The number of hydrogen-bond donors (Lipinski definition) is 0. The number of aromatic nitrogens is 3. The highest BCUT2D eigenvalue weighted by molar-refractivity contribution is 7.99. The average Bonchev–Trinajstić information content (AvgIpc) is 3.54. The molecule has 0 saturated carbocycles. The zero-order valence-corrected chi connectivity index (χ0v) is 19.3. The molecule has 2 aromatic heterocycles. The Kier molecular flexibility index (Phi) is 6.62. The van der Waals surface area contributed by atoms with Crippen molar-refractivity contribution in [3.05, 3.63) is 84.4 Å². The van der Waals surface area contributed by atoms with Crippen molar-refractivity contribution in [2.75, 3.05) is 36.8 Å². The van der Waals surface area contributed by atoms with Gasteiger partial charge in [-0.15, -0.1) is 10.2 Å². The summed E-state index contributed by atoms with van der Waals surface area (Å²) in [6.45, 7) is 3.27. The van der Waals surface area contributed by atoms with E-state index in [4.69, 9.17) is 4.42 Å². The first kappa shape index (κ1) is 22.2. The molecular formula is C25H24FN5O2S. The molecule has 7 nitrogen and oxygen atoms in total. The molecule has 0 unspecified atom stereocenters. The van der Waals surface area contributed by atoms with E-state index in [-0.39, 0.29) is 17.5 Å². The first-order chi connectivity index (χ1) is 16.7. The van der Waals surface area contributed by atoms with Crippen LogP contribution in [0.3, 0.4) is 0 Å². The lowest BCUT2D eigenvalue weighted by atomic mass is 10.2. The van der Waals surface area contributed by atoms with Gasteiger partial charge in [0.05, 0.1) is 18.6 Å². The molecule has 0 aliphatic carbocycles. The summed E-state index contributed by atoms with van der Waals surface area (Å²) in [4.78, 5) is 17.0. The number of halogens is 1. The van der Waals surface area contributed by atoms with E-state index < -0.39 is 0 Å². The Labute approximate surface area is 201 Å². The van der Waals surface area contributed by atoms with Crippen LogP contribution in [-0.2, 0) is 11.3 Å². The Bertz CT molecular complexity index is 1220. The number of anilines is 1. The lowest BCUT2D eigenvalue weighted by molar-refractivity contribution is -0.128. The standard InChI is InChI=1S/C25H24FN5O2S/c26-20-8-10-21(11-9-20)29-12-14-30(15-13-29)23(32)18-34-25-28-27-24(22-7-4-16-33-22)31(25)17-19-5-2-1-3-6-19/h1-11,16H,12-15,17-18H2. The average molecular weight is 478 g/mol. The van der Waals surface area contributed by atoms with E-state index in [9.17, 15) is 9.18 Å². The molecule has 0 N–H and O–H groups in total. The molecule has 9 heteroatoms. The summed E-state index contributed by atoms with van der Waals surface area (Å²) in [6.07, 6.45) is 1.61. The molecule has 4 aromatic rings. The number of thioether (sulfide) groups is 1. The summed E-state index contributed by atoms with van der Waals surface area (Å²) < 4.78 is 20.7. The number of piperazine rings is 1. The van der Waals surface area contributed by atoms with Gasteiger partial charge in [-0.2, -0.15) is 0 Å². The van der Waals surface area contributed by atoms with Crippen molar-refractivity contribution in [1.29, 1.82) is 0 Å². The van der Waals surface area contributed by atoms with E-state index in [1.165, 1.54) is 23.9 Å². The molecule has 0 radical (unpaired) electrons. The predicted octanol–water partition coefficient (Wildman–Crippen LogP) is 4.17. The normalized spacial score (nSPS) is 13.9.